The van der Waals surface area contributed by atoms with E-state index in [9.17, 15) is 14.4 Å². The SMILES string of the molecule is COc1ccc(N2C(=O)C[C@@H]([NH2+][C@@H]3CCCCNC3=O)C2=O)cc1. The summed E-state index contributed by atoms with van der Waals surface area (Å²) in [5, 5.41) is 4.61. The first kappa shape index (κ1) is 16.4. The number of imide groups is 1. The lowest BCUT2D eigenvalue weighted by molar-refractivity contribution is -0.696. The van der Waals surface area contributed by atoms with Crippen molar-refractivity contribution in [3.8, 4) is 5.75 Å². The zero-order valence-corrected chi connectivity index (χ0v) is 13.7. The molecule has 0 aromatic heterocycles. The van der Waals surface area contributed by atoms with Crippen LogP contribution in [-0.2, 0) is 14.4 Å². The number of anilines is 1. The number of rotatable bonds is 4. The minimum Gasteiger partial charge on any atom is -0.497 e. The third kappa shape index (κ3) is 3.26. The number of benzene rings is 1. The van der Waals surface area contributed by atoms with Gasteiger partial charge in [-0.2, -0.15) is 0 Å². The third-order valence-corrected chi connectivity index (χ3v) is 4.55. The molecule has 128 valence electrons. The van der Waals surface area contributed by atoms with Gasteiger partial charge in [-0.25, -0.2) is 4.90 Å². The molecule has 3 rings (SSSR count). The van der Waals surface area contributed by atoms with E-state index in [0.29, 0.717) is 18.0 Å². The number of quaternary nitrogens is 1. The first-order valence-electron chi connectivity index (χ1n) is 8.23. The van der Waals surface area contributed by atoms with E-state index in [-0.39, 0.29) is 30.2 Å². The second kappa shape index (κ2) is 7.00. The van der Waals surface area contributed by atoms with Crippen molar-refractivity contribution in [3.05, 3.63) is 24.3 Å². The fourth-order valence-electron chi connectivity index (χ4n) is 3.24. The van der Waals surface area contributed by atoms with E-state index in [1.807, 2.05) is 0 Å². The van der Waals surface area contributed by atoms with Crippen molar-refractivity contribution in [2.24, 2.45) is 0 Å². The molecular formula is C17H22N3O4+. The van der Waals surface area contributed by atoms with Crippen molar-refractivity contribution < 1.29 is 24.4 Å². The highest BCUT2D eigenvalue weighted by molar-refractivity contribution is 6.21. The minimum absolute atomic E-state index is 0.0457. The molecule has 7 nitrogen and oxygen atoms in total. The summed E-state index contributed by atoms with van der Waals surface area (Å²) in [5.41, 5.74) is 0.534. The first-order chi connectivity index (χ1) is 11.6. The van der Waals surface area contributed by atoms with Gasteiger partial charge < -0.3 is 15.4 Å². The zero-order valence-electron chi connectivity index (χ0n) is 13.7. The van der Waals surface area contributed by atoms with Gasteiger partial charge >= 0.3 is 0 Å². The second-order valence-corrected chi connectivity index (χ2v) is 6.16. The molecule has 0 saturated carbocycles. The molecule has 0 spiro atoms. The number of nitrogens with one attached hydrogen (secondary N) is 1. The fraction of sp³-hybridized carbons (Fsp3) is 0.471. The van der Waals surface area contributed by atoms with Crippen molar-refractivity contribution in [1.29, 1.82) is 0 Å². The zero-order chi connectivity index (χ0) is 17.1. The van der Waals surface area contributed by atoms with Crippen molar-refractivity contribution in [2.45, 2.75) is 37.8 Å². The molecule has 7 heteroatoms. The van der Waals surface area contributed by atoms with Crippen LogP contribution in [0.25, 0.3) is 0 Å². The fourth-order valence-corrected chi connectivity index (χ4v) is 3.24. The van der Waals surface area contributed by atoms with E-state index in [4.69, 9.17) is 4.74 Å². The number of carbonyl (C=O) groups is 3. The Labute approximate surface area is 140 Å². The van der Waals surface area contributed by atoms with Gasteiger partial charge in [0.05, 0.1) is 19.2 Å². The normalized spacial score (nSPS) is 24.7. The lowest BCUT2D eigenvalue weighted by Crippen LogP contribution is -2.98. The van der Waals surface area contributed by atoms with Gasteiger partial charge in [-0.15, -0.1) is 0 Å². The van der Waals surface area contributed by atoms with Crippen molar-refractivity contribution in [2.75, 3.05) is 18.6 Å². The number of methoxy groups -OCH3 is 1. The van der Waals surface area contributed by atoms with Gasteiger partial charge in [0.25, 0.3) is 11.8 Å². The van der Waals surface area contributed by atoms with Gasteiger partial charge in [0, 0.05) is 13.0 Å². The Morgan fingerprint density at radius 2 is 1.88 bits per heavy atom. The lowest BCUT2D eigenvalue weighted by Gasteiger charge is -2.17. The predicted octanol–water partition coefficient (Wildman–Crippen LogP) is -0.441. The van der Waals surface area contributed by atoms with E-state index in [1.165, 1.54) is 4.90 Å². The van der Waals surface area contributed by atoms with Gasteiger partial charge in [0.2, 0.25) is 5.91 Å². The number of ether oxygens (including phenoxy) is 1. The average molecular weight is 332 g/mol. The maximum atomic E-state index is 12.6. The van der Waals surface area contributed by atoms with E-state index >= 15 is 0 Å². The van der Waals surface area contributed by atoms with Crippen molar-refractivity contribution in [1.82, 2.24) is 5.32 Å². The van der Waals surface area contributed by atoms with E-state index in [1.54, 1.807) is 36.7 Å². The number of hydrogen-bond acceptors (Lipinski definition) is 4. The molecule has 2 aliphatic rings. The van der Waals surface area contributed by atoms with E-state index in [2.05, 4.69) is 5.32 Å². The molecule has 2 saturated heterocycles. The van der Waals surface area contributed by atoms with Gasteiger partial charge in [0.1, 0.15) is 5.75 Å². The highest BCUT2D eigenvalue weighted by Gasteiger charge is 2.44. The van der Waals surface area contributed by atoms with Crippen LogP contribution >= 0.6 is 0 Å². The van der Waals surface area contributed by atoms with Crippen LogP contribution < -0.4 is 20.3 Å². The third-order valence-electron chi connectivity index (χ3n) is 4.55. The first-order valence-corrected chi connectivity index (χ1v) is 8.23. The standard InChI is InChI=1S/C17H21N3O4/c1-24-12-7-5-11(6-8-12)20-15(21)10-14(17(20)23)19-13-4-2-3-9-18-16(13)22/h5-8,13-14,19H,2-4,9-10H2,1H3,(H,18,22)/p+1/t13-,14-/m1/s1. The van der Waals surface area contributed by atoms with Crippen LogP contribution in [0.15, 0.2) is 24.3 Å². The van der Waals surface area contributed by atoms with Crippen LogP contribution in [0.1, 0.15) is 25.7 Å². The largest absolute Gasteiger partial charge is 0.497 e. The monoisotopic (exact) mass is 332 g/mol. The smallest absolute Gasteiger partial charge is 0.292 e. The van der Waals surface area contributed by atoms with Gasteiger partial charge in [0.15, 0.2) is 12.1 Å². The average Bonchev–Trinajstić information content (AvgIpc) is 2.73. The Kier molecular flexibility index (Phi) is 4.80. The summed E-state index contributed by atoms with van der Waals surface area (Å²) in [4.78, 5) is 38.2. The molecule has 24 heavy (non-hydrogen) atoms. The summed E-state index contributed by atoms with van der Waals surface area (Å²) in [6, 6.07) is 5.97. The van der Waals surface area contributed by atoms with Gasteiger partial charge in [-0.3, -0.25) is 14.4 Å². The molecule has 2 atom stereocenters. The number of carbonyl (C=O) groups excluding carboxylic acids is 3. The maximum absolute atomic E-state index is 12.6. The Morgan fingerprint density at radius 3 is 2.58 bits per heavy atom. The molecule has 2 fully saturated rings. The number of amides is 3. The molecule has 0 unspecified atom stereocenters. The van der Waals surface area contributed by atoms with Crippen molar-refractivity contribution in [3.63, 3.8) is 0 Å². The van der Waals surface area contributed by atoms with Crippen LogP contribution in [0.3, 0.4) is 0 Å². The Hall–Kier alpha value is -2.41. The van der Waals surface area contributed by atoms with Crippen LogP contribution in [0, 0.1) is 0 Å². The molecule has 1 aromatic rings. The molecule has 3 amide bonds. The predicted molar refractivity (Wildman–Crippen MR) is 86.5 cm³/mol. The number of hydrogen-bond donors (Lipinski definition) is 2. The van der Waals surface area contributed by atoms with Crippen LogP contribution in [0.5, 0.6) is 5.75 Å². The quantitative estimate of drug-likeness (QED) is 0.731. The molecule has 2 heterocycles. The Bertz CT molecular complexity index is 644. The lowest BCUT2D eigenvalue weighted by atomic mass is 10.1. The summed E-state index contributed by atoms with van der Waals surface area (Å²) >= 11 is 0. The molecular weight excluding hydrogens is 310 g/mol. The molecule has 0 bridgehead atoms. The highest BCUT2D eigenvalue weighted by atomic mass is 16.5. The van der Waals surface area contributed by atoms with E-state index < -0.39 is 6.04 Å². The summed E-state index contributed by atoms with van der Waals surface area (Å²) in [6.07, 6.45) is 2.74. The molecule has 0 aliphatic carbocycles. The minimum atomic E-state index is -0.534. The maximum Gasteiger partial charge on any atom is 0.292 e. The highest BCUT2D eigenvalue weighted by Crippen LogP contribution is 2.24. The van der Waals surface area contributed by atoms with Crippen LogP contribution in [0.4, 0.5) is 5.69 Å². The van der Waals surface area contributed by atoms with Crippen molar-refractivity contribution >= 4 is 23.4 Å². The molecule has 1 aromatic carbocycles. The second-order valence-electron chi connectivity index (χ2n) is 6.16. The van der Waals surface area contributed by atoms with Crippen LogP contribution in [-0.4, -0.2) is 43.5 Å². The topological polar surface area (TPSA) is 92.3 Å². The summed E-state index contributed by atoms with van der Waals surface area (Å²) in [7, 11) is 1.56. The molecule has 3 N–H and O–H groups in total. The molecule has 2 aliphatic heterocycles. The van der Waals surface area contributed by atoms with Gasteiger partial charge in [-0.05, 0) is 37.1 Å². The van der Waals surface area contributed by atoms with Gasteiger partial charge in [-0.1, -0.05) is 0 Å². The van der Waals surface area contributed by atoms with Crippen LogP contribution in [0.2, 0.25) is 0 Å². The molecule has 0 radical (unpaired) electrons. The summed E-state index contributed by atoms with van der Waals surface area (Å²) in [6.45, 7) is 0.679. The van der Waals surface area contributed by atoms with E-state index in [0.717, 1.165) is 19.3 Å². The Balaban J connectivity index is 1.72. The summed E-state index contributed by atoms with van der Waals surface area (Å²) in [5.74, 6) is 0.120. The number of nitrogens with zero attached hydrogens (tertiary/aromatic N) is 1. The Morgan fingerprint density at radius 1 is 1.12 bits per heavy atom. The number of nitrogens with two attached hydrogens (primary N) is 1. The summed E-state index contributed by atoms with van der Waals surface area (Å²) < 4.78 is 5.09.